The van der Waals surface area contributed by atoms with Gasteiger partial charge in [0, 0.05) is 31.1 Å². The molecule has 1 amide bonds. The van der Waals surface area contributed by atoms with Crippen molar-refractivity contribution < 1.29 is 9.21 Å². The van der Waals surface area contributed by atoms with E-state index in [0.717, 1.165) is 16.9 Å². The van der Waals surface area contributed by atoms with E-state index >= 15 is 0 Å². The van der Waals surface area contributed by atoms with Crippen LogP contribution in [0.2, 0.25) is 0 Å². The van der Waals surface area contributed by atoms with Gasteiger partial charge in [0.15, 0.2) is 0 Å². The predicted octanol–water partition coefficient (Wildman–Crippen LogP) is 2.65. The molecule has 4 rings (SSSR count). The quantitative estimate of drug-likeness (QED) is 0.689. The molecule has 0 saturated carbocycles. The second-order valence-corrected chi connectivity index (χ2v) is 7.62. The van der Waals surface area contributed by atoms with Crippen molar-refractivity contribution in [3.8, 4) is 11.5 Å². The molecule has 29 heavy (non-hydrogen) atoms. The molecule has 0 aliphatic carbocycles. The van der Waals surface area contributed by atoms with E-state index in [1.165, 1.54) is 0 Å². The number of hydrogen-bond donors (Lipinski definition) is 1. The van der Waals surface area contributed by atoms with Crippen molar-refractivity contribution in [2.45, 2.75) is 33.2 Å². The second-order valence-electron chi connectivity index (χ2n) is 7.62. The molecule has 0 radical (unpaired) electrons. The van der Waals surface area contributed by atoms with E-state index in [2.05, 4.69) is 34.3 Å². The van der Waals surface area contributed by atoms with Gasteiger partial charge in [-0.2, -0.15) is 0 Å². The maximum absolute atomic E-state index is 12.4. The third-order valence-electron chi connectivity index (χ3n) is 4.72. The van der Waals surface area contributed by atoms with E-state index < -0.39 is 0 Å². The Morgan fingerprint density at radius 3 is 2.72 bits per heavy atom. The van der Waals surface area contributed by atoms with Crippen LogP contribution in [0.25, 0.3) is 11.5 Å². The summed E-state index contributed by atoms with van der Waals surface area (Å²) in [5, 5.41) is 11.2. The lowest BCUT2D eigenvalue weighted by Gasteiger charge is -2.25. The summed E-state index contributed by atoms with van der Waals surface area (Å²) in [6.45, 7) is 5.19. The van der Waals surface area contributed by atoms with Crippen LogP contribution in [0.5, 0.6) is 0 Å². The summed E-state index contributed by atoms with van der Waals surface area (Å²) in [6.07, 6.45) is 1.40. The molecule has 1 N–H and O–H groups in total. The fourth-order valence-electron chi connectivity index (χ4n) is 3.38. The van der Waals surface area contributed by atoms with Crippen LogP contribution in [0.1, 0.15) is 41.6 Å². The largest absolute Gasteiger partial charge is 0.419 e. The van der Waals surface area contributed by atoms with Crippen LogP contribution in [0.3, 0.4) is 0 Å². The molecule has 0 unspecified atom stereocenters. The fourth-order valence-corrected chi connectivity index (χ4v) is 3.38. The van der Waals surface area contributed by atoms with Gasteiger partial charge in [0.1, 0.15) is 17.3 Å². The lowest BCUT2D eigenvalue weighted by Crippen LogP contribution is -2.35. The van der Waals surface area contributed by atoms with E-state index in [4.69, 9.17) is 9.40 Å². The maximum Gasteiger partial charge on any atom is 0.270 e. The molecule has 8 nitrogen and oxygen atoms in total. The number of hydrogen-bond acceptors (Lipinski definition) is 7. The SMILES string of the molecule is CC(C)Cc1nc2c(c(N(C)Cc3nnc(-c4ccccc4)o3)n1)CCNC2=O. The fraction of sp³-hybridized carbons (Fsp3) is 0.381. The van der Waals surface area contributed by atoms with Gasteiger partial charge in [-0.25, -0.2) is 9.97 Å². The molecular formula is C21H24N6O2. The zero-order valence-electron chi connectivity index (χ0n) is 16.8. The van der Waals surface area contributed by atoms with Crippen LogP contribution in [0.4, 0.5) is 5.82 Å². The van der Waals surface area contributed by atoms with Gasteiger partial charge in [-0.15, -0.1) is 10.2 Å². The molecular weight excluding hydrogens is 368 g/mol. The van der Waals surface area contributed by atoms with Crippen LogP contribution < -0.4 is 10.2 Å². The van der Waals surface area contributed by atoms with Crippen molar-refractivity contribution in [1.82, 2.24) is 25.5 Å². The van der Waals surface area contributed by atoms with Crippen LogP contribution in [-0.4, -0.2) is 39.7 Å². The Kier molecular flexibility index (Phi) is 5.24. The number of benzene rings is 1. The molecule has 0 fully saturated rings. The van der Waals surface area contributed by atoms with Crippen molar-refractivity contribution in [3.63, 3.8) is 0 Å². The molecule has 0 atom stereocenters. The predicted molar refractivity (Wildman–Crippen MR) is 108 cm³/mol. The minimum atomic E-state index is -0.141. The summed E-state index contributed by atoms with van der Waals surface area (Å²) in [6, 6.07) is 9.66. The first-order valence-corrected chi connectivity index (χ1v) is 9.78. The lowest BCUT2D eigenvalue weighted by atomic mass is 10.0. The average Bonchev–Trinajstić information content (AvgIpc) is 3.17. The highest BCUT2D eigenvalue weighted by Crippen LogP contribution is 2.26. The molecule has 1 aromatic carbocycles. The zero-order valence-corrected chi connectivity index (χ0v) is 16.8. The van der Waals surface area contributed by atoms with E-state index in [9.17, 15) is 4.79 Å². The van der Waals surface area contributed by atoms with Crippen LogP contribution in [0.15, 0.2) is 34.7 Å². The van der Waals surface area contributed by atoms with Crippen LogP contribution >= 0.6 is 0 Å². The minimum Gasteiger partial charge on any atom is -0.419 e. The molecule has 0 bridgehead atoms. The van der Waals surface area contributed by atoms with Gasteiger partial charge >= 0.3 is 0 Å². The molecule has 0 saturated heterocycles. The monoisotopic (exact) mass is 392 g/mol. The highest BCUT2D eigenvalue weighted by Gasteiger charge is 2.26. The summed E-state index contributed by atoms with van der Waals surface area (Å²) in [5.74, 6) is 2.65. The molecule has 150 valence electrons. The number of rotatable bonds is 6. The Bertz CT molecular complexity index is 1020. The van der Waals surface area contributed by atoms with Gasteiger partial charge in [0.25, 0.3) is 5.91 Å². The highest BCUT2D eigenvalue weighted by molar-refractivity contribution is 5.96. The number of fused-ring (bicyclic) bond motifs is 1. The van der Waals surface area contributed by atoms with Crippen LogP contribution in [0, 0.1) is 5.92 Å². The average molecular weight is 392 g/mol. The first kappa shape index (κ1) is 19.0. The number of amides is 1. The van der Waals surface area contributed by atoms with E-state index in [0.29, 0.717) is 55.1 Å². The minimum absolute atomic E-state index is 0.141. The normalized spacial score (nSPS) is 13.3. The van der Waals surface area contributed by atoms with E-state index in [-0.39, 0.29) is 5.91 Å². The lowest BCUT2D eigenvalue weighted by molar-refractivity contribution is 0.0940. The van der Waals surface area contributed by atoms with E-state index in [1.807, 2.05) is 42.3 Å². The van der Waals surface area contributed by atoms with Crippen molar-refractivity contribution in [2.75, 3.05) is 18.5 Å². The Balaban J connectivity index is 1.63. The molecule has 3 aromatic rings. The number of carbonyl (C=O) groups excluding carboxylic acids is 1. The van der Waals surface area contributed by atoms with Gasteiger partial charge in [0.2, 0.25) is 11.8 Å². The van der Waals surface area contributed by atoms with Gasteiger partial charge in [-0.3, -0.25) is 4.79 Å². The van der Waals surface area contributed by atoms with Gasteiger partial charge in [-0.1, -0.05) is 32.0 Å². The molecule has 2 aromatic heterocycles. The molecule has 1 aliphatic rings. The smallest absolute Gasteiger partial charge is 0.270 e. The topological polar surface area (TPSA) is 97.0 Å². The molecule has 3 heterocycles. The Morgan fingerprint density at radius 1 is 1.17 bits per heavy atom. The Hall–Kier alpha value is -3.29. The summed E-state index contributed by atoms with van der Waals surface area (Å²) in [5.41, 5.74) is 2.22. The van der Waals surface area contributed by atoms with Gasteiger partial charge < -0.3 is 14.6 Å². The highest BCUT2D eigenvalue weighted by atomic mass is 16.4. The first-order chi connectivity index (χ1) is 14.0. The van der Waals surface area contributed by atoms with Crippen molar-refractivity contribution in [3.05, 3.63) is 53.3 Å². The second kappa shape index (κ2) is 7.98. The van der Waals surface area contributed by atoms with E-state index in [1.54, 1.807) is 0 Å². The van der Waals surface area contributed by atoms with Crippen molar-refractivity contribution in [2.24, 2.45) is 5.92 Å². The summed E-state index contributed by atoms with van der Waals surface area (Å²) < 4.78 is 5.84. The number of aromatic nitrogens is 4. The number of carbonyl (C=O) groups is 1. The summed E-state index contributed by atoms with van der Waals surface area (Å²) in [7, 11) is 1.92. The maximum atomic E-state index is 12.4. The number of nitrogens with zero attached hydrogens (tertiary/aromatic N) is 5. The van der Waals surface area contributed by atoms with Crippen molar-refractivity contribution >= 4 is 11.7 Å². The van der Waals surface area contributed by atoms with Gasteiger partial charge in [-0.05, 0) is 24.5 Å². The summed E-state index contributed by atoms with van der Waals surface area (Å²) in [4.78, 5) is 23.6. The number of nitrogens with one attached hydrogen (secondary N) is 1. The third-order valence-corrected chi connectivity index (χ3v) is 4.72. The van der Waals surface area contributed by atoms with Crippen molar-refractivity contribution in [1.29, 1.82) is 0 Å². The Labute approximate surface area is 169 Å². The molecule has 0 spiro atoms. The first-order valence-electron chi connectivity index (χ1n) is 9.78. The molecule has 8 heteroatoms. The van der Waals surface area contributed by atoms with Crippen LogP contribution in [-0.2, 0) is 19.4 Å². The van der Waals surface area contributed by atoms with Gasteiger partial charge in [0.05, 0.1) is 6.54 Å². The Morgan fingerprint density at radius 2 is 1.97 bits per heavy atom. The standard InChI is InChI=1S/C21H24N6O2/c1-13(2)11-16-23-18-15(9-10-22-20(18)28)19(24-16)27(3)12-17-25-26-21(29-17)14-7-5-4-6-8-14/h4-8,13H,9-12H2,1-3H3,(H,22,28). The third kappa shape index (κ3) is 4.11. The summed E-state index contributed by atoms with van der Waals surface area (Å²) >= 11 is 0. The zero-order chi connectivity index (χ0) is 20.4. The number of anilines is 1. The molecule has 1 aliphatic heterocycles.